The number of nitrogens with zero attached hydrogens (tertiary/aromatic N) is 5. The summed E-state index contributed by atoms with van der Waals surface area (Å²) in [7, 11) is 1.83. The van der Waals surface area contributed by atoms with Crippen molar-refractivity contribution >= 4 is 34.6 Å². The van der Waals surface area contributed by atoms with E-state index in [0.717, 1.165) is 30.1 Å². The first-order valence-electron chi connectivity index (χ1n) is 9.65. The highest BCUT2D eigenvalue weighted by molar-refractivity contribution is 5.87. The number of hydrogen-bond acceptors (Lipinski definition) is 9. The number of hydrogen-bond donors (Lipinski definition) is 4. The zero-order valence-corrected chi connectivity index (χ0v) is 16.6. The number of aliphatic hydroxyl groups is 1. The summed E-state index contributed by atoms with van der Waals surface area (Å²) in [5.74, 6) is 1.82. The fraction of sp³-hybridized carbons (Fsp3) is 0.421. The minimum atomic E-state index is 0.0367. The number of fused-ring (bicyclic) bond motifs is 1. The van der Waals surface area contributed by atoms with Crippen LogP contribution in [0.15, 0.2) is 24.3 Å². The lowest BCUT2D eigenvalue weighted by atomic mass is 10.2. The van der Waals surface area contributed by atoms with Gasteiger partial charge in [-0.15, -0.1) is 0 Å². The third-order valence-corrected chi connectivity index (χ3v) is 4.65. The van der Waals surface area contributed by atoms with Crippen LogP contribution in [-0.2, 0) is 4.74 Å². The highest BCUT2D eigenvalue weighted by Crippen LogP contribution is 2.27. The number of aryl methyl sites for hydroxylation is 1. The van der Waals surface area contributed by atoms with E-state index in [1.54, 1.807) is 5.01 Å². The van der Waals surface area contributed by atoms with Crippen molar-refractivity contribution in [2.45, 2.75) is 6.92 Å². The summed E-state index contributed by atoms with van der Waals surface area (Å²) >= 11 is 0. The fourth-order valence-corrected chi connectivity index (χ4v) is 3.23. The highest BCUT2D eigenvalue weighted by Gasteiger charge is 2.20. The lowest BCUT2D eigenvalue weighted by Gasteiger charge is -2.28. The van der Waals surface area contributed by atoms with Gasteiger partial charge in [0.15, 0.2) is 11.5 Å². The first-order chi connectivity index (χ1) is 14.1. The van der Waals surface area contributed by atoms with Crippen molar-refractivity contribution in [3.8, 4) is 0 Å². The second-order valence-corrected chi connectivity index (χ2v) is 7.01. The number of nitrogens with one attached hydrogen (secondary N) is 3. The van der Waals surface area contributed by atoms with Crippen LogP contribution in [0.25, 0.3) is 11.2 Å². The van der Waals surface area contributed by atoms with Gasteiger partial charge in [-0.3, -0.25) is 5.43 Å². The number of benzene rings is 1. The van der Waals surface area contributed by atoms with Gasteiger partial charge in [0.25, 0.3) is 0 Å². The van der Waals surface area contributed by atoms with Crippen LogP contribution >= 0.6 is 0 Å². The molecule has 0 atom stereocenters. The largest absolute Gasteiger partial charge is 0.395 e. The summed E-state index contributed by atoms with van der Waals surface area (Å²) in [4.78, 5) is 19.4. The summed E-state index contributed by atoms with van der Waals surface area (Å²) in [6.45, 7) is 5.34. The smallest absolute Gasteiger partial charge is 0.241 e. The van der Waals surface area contributed by atoms with E-state index in [1.165, 1.54) is 5.56 Å². The average molecular weight is 398 g/mol. The van der Waals surface area contributed by atoms with Crippen LogP contribution in [0.3, 0.4) is 0 Å². The summed E-state index contributed by atoms with van der Waals surface area (Å²) in [6, 6.07) is 8.09. The first-order valence-corrected chi connectivity index (χ1v) is 9.65. The molecule has 0 bridgehead atoms. The Morgan fingerprint density at radius 2 is 2.07 bits per heavy atom. The minimum Gasteiger partial charge on any atom is -0.395 e. The van der Waals surface area contributed by atoms with Gasteiger partial charge in [0.05, 0.1) is 19.8 Å². The monoisotopic (exact) mass is 398 g/mol. The van der Waals surface area contributed by atoms with Crippen LogP contribution in [0, 0.1) is 6.92 Å². The molecule has 0 aliphatic carbocycles. The van der Waals surface area contributed by atoms with E-state index in [2.05, 4.69) is 36.7 Å². The number of likely N-dealkylation sites (N-methyl/N-ethyl adjacent to an activating group) is 1. The normalized spacial score (nSPS) is 14.6. The molecule has 4 rings (SSSR count). The molecule has 10 heteroatoms. The highest BCUT2D eigenvalue weighted by atomic mass is 16.5. The molecule has 3 aromatic rings. The van der Waals surface area contributed by atoms with Gasteiger partial charge in [-0.25, -0.2) is 5.01 Å². The van der Waals surface area contributed by atoms with E-state index < -0.39 is 0 Å². The molecule has 154 valence electrons. The maximum absolute atomic E-state index is 9.14. The number of aromatic nitrogens is 4. The summed E-state index contributed by atoms with van der Waals surface area (Å²) in [5.41, 5.74) is 6.56. The standard InChI is InChI=1S/C19H26N8O2/c1-13-4-3-5-14(12-13)20-18-21-15-16(22-18)23-19(25-26(2)6-9-28)24-17(15)27-7-10-29-11-8-27/h3-5,12,28H,6-11H2,1-2H3,(H3,20,21,22,23,24,25). The SMILES string of the molecule is Cc1cccc(Nc2nc3nc(NN(C)CCO)nc(N4CCOCC4)c3[nH]2)c1. The molecule has 0 radical (unpaired) electrons. The summed E-state index contributed by atoms with van der Waals surface area (Å²) in [5, 5.41) is 14.2. The summed E-state index contributed by atoms with van der Waals surface area (Å²) in [6.07, 6.45) is 0. The van der Waals surface area contributed by atoms with E-state index >= 15 is 0 Å². The number of imidazole rings is 1. The molecule has 1 aliphatic rings. The molecule has 1 fully saturated rings. The average Bonchev–Trinajstić information content (AvgIpc) is 3.10. The van der Waals surface area contributed by atoms with Crippen LogP contribution in [0.1, 0.15) is 5.56 Å². The number of H-pyrrole nitrogens is 1. The van der Waals surface area contributed by atoms with Gasteiger partial charge in [0, 0.05) is 32.4 Å². The van der Waals surface area contributed by atoms with E-state index in [0.29, 0.717) is 37.3 Å². The zero-order chi connectivity index (χ0) is 20.2. The molecule has 0 unspecified atom stereocenters. The van der Waals surface area contributed by atoms with Crippen molar-refractivity contribution in [1.82, 2.24) is 24.9 Å². The Bertz CT molecular complexity index is 970. The zero-order valence-electron chi connectivity index (χ0n) is 16.6. The fourth-order valence-electron chi connectivity index (χ4n) is 3.23. The van der Waals surface area contributed by atoms with E-state index in [-0.39, 0.29) is 6.61 Å². The number of rotatable bonds is 7. The van der Waals surface area contributed by atoms with Crippen molar-refractivity contribution in [3.05, 3.63) is 29.8 Å². The van der Waals surface area contributed by atoms with Crippen molar-refractivity contribution in [3.63, 3.8) is 0 Å². The van der Waals surface area contributed by atoms with Crippen LogP contribution < -0.4 is 15.6 Å². The second-order valence-electron chi connectivity index (χ2n) is 7.01. The van der Waals surface area contributed by atoms with E-state index in [4.69, 9.17) is 14.8 Å². The summed E-state index contributed by atoms with van der Waals surface area (Å²) < 4.78 is 5.48. The van der Waals surface area contributed by atoms with Gasteiger partial charge in [-0.2, -0.15) is 15.0 Å². The molecular weight excluding hydrogens is 372 g/mol. The van der Waals surface area contributed by atoms with E-state index in [1.807, 2.05) is 32.2 Å². The molecule has 2 aromatic heterocycles. The Labute approximate surface area is 168 Å². The van der Waals surface area contributed by atoms with Gasteiger partial charge in [-0.1, -0.05) is 12.1 Å². The van der Waals surface area contributed by atoms with Gasteiger partial charge < -0.3 is 25.0 Å². The van der Waals surface area contributed by atoms with Crippen molar-refractivity contribution in [2.24, 2.45) is 0 Å². The van der Waals surface area contributed by atoms with Crippen molar-refractivity contribution in [2.75, 3.05) is 62.1 Å². The predicted molar refractivity (Wildman–Crippen MR) is 113 cm³/mol. The molecular formula is C19H26N8O2. The third-order valence-electron chi connectivity index (χ3n) is 4.65. The molecule has 10 nitrogen and oxygen atoms in total. The number of hydrazine groups is 1. The Morgan fingerprint density at radius 3 is 2.83 bits per heavy atom. The molecule has 0 amide bonds. The quantitative estimate of drug-likeness (QED) is 0.440. The van der Waals surface area contributed by atoms with Gasteiger partial charge in [-0.05, 0) is 24.6 Å². The maximum Gasteiger partial charge on any atom is 0.241 e. The van der Waals surface area contributed by atoms with Crippen LogP contribution in [0.4, 0.5) is 23.4 Å². The lowest BCUT2D eigenvalue weighted by Crippen LogP contribution is -2.37. The van der Waals surface area contributed by atoms with E-state index in [9.17, 15) is 0 Å². The molecule has 1 aromatic carbocycles. The van der Waals surface area contributed by atoms with Crippen LogP contribution in [0.2, 0.25) is 0 Å². The molecule has 0 spiro atoms. The minimum absolute atomic E-state index is 0.0367. The predicted octanol–water partition coefficient (Wildman–Crippen LogP) is 1.49. The van der Waals surface area contributed by atoms with Gasteiger partial charge in [0.2, 0.25) is 11.9 Å². The van der Waals surface area contributed by atoms with Crippen LogP contribution in [-0.4, -0.2) is 76.6 Å². The van der Waals surface area contributed by atoms with Gasteiger partial charge in [0.1, 0.15) is 5.52 Å². The Morgan fingerprint density at radius 1 is 1.24 bits per heavy atom. The lowest BCUT2D eigenvalue weighted by molar-refractivity contribution is 0.122. The third kappa shape index (κ3) is 4.56. The van der Waals surface area contributed by atoms with Gasteiger partial charge >= 0.3 is 0 Å². The van der Waals surface area contributed by atoms with Crippen molar-refractivity contribution in [1.29, 1.82) is 0 Å². The van der Waals surface area contributed by atoms with Crippen molar-refractivity contribution < 1.29 is 9.84 Å². The number of anilines is 4. The first kappa shape index (κ1) is 19.4. The molecule has 1 saturated heterocycles. The molecule has 0 saturated carbocycles. The van der Waals surface area contributed by atoms with Crippen LogP contribution in [0.5, 0.6) is 0 Å². The molecule has 1 aliphatic heterocycles. The topological polar surface area (TPSA) is 114 Å². The molecule has 29 heavy (non-hydrogen) atoms. The Hall–Kier alpha value is -2.95. The number of morpholine rings is 1. The Kier molecular flexibility index (Phi) is 5.74. The Balaban J connectivity index is 1.69. The second kappa shape index (κ2) is 8.60. The maximum atomic E-state index is 9.14. The molecule has 3 heterocycles. The number of ether oxygens (including phenoxy) is 1. The number of aromatic amines is 1. The number of aliphatic hydroxyl groups excluding tert-OH is 1. The molecule has 4 N–H and O–H groups in total.